The molecule has 109 heavy (non-hydrogen) atoms. The molecule has 12 amide bonds. The van der Waals surface area contributed by atoms with Gasteiger partial charge in [-0.2, -0.15) is 26.3 Å². The molecule has 604 valence electrons. The van der Waals surface area contributed by atoms with E-state index in [-0.39, 0.29) is 69.7 Å². The zero-order valence-corrected chi connectivity index (χ0v) is 64.7. The molecule has 3 aliphatic heterocycles. The molecule has 2 saturated carbocycles. The number of likely N-dealkylation sites (N-methyl/N-ethyl adjacent to an activating group) is 7. The lowest BCUT2D eigenvalue weighted by Gasteiger charge is -2.46. The van der Waals surface area contributed by atoms with Crippen LogP contribution in [0, 0.1) is 29.4 Å². The summed E-state index contributed by atoms with van der Waals surface area (Å²) in [5.41, 5.74) is -4.72. The number of hydrogen-bond donors (Lipinski definition) is 3. The number of nitrogens with one attached hydrogen (secondary N) is 3. The number of alkyl halides is 6. The van der Waals surface area contributed by atoms with Gasteiger partial charge in [0.15, 0.2) is 0 Å². The van der Waals surface area contributed by atoms with E-state index in [1.54, 1.807) is 47.6 Å². The minimum absolute atomic E-state index is 0.0332. The van der Waals surface area contributed by atoms with Crippen LogP contribution in [0.15, 0.2) is 48.0 Å². The number of allylic oxidation sites excluding steroid dienone is 1. The highest BCUT2D eigenvalue weighted by Gasteiger charge is 2.54. The van der Waals surface area contributed by atoms with Crippen LogP contribution in [0.25, 0.3) is 0 Å². The number of nitrogens with zero attached hydrogens (tertiary/aromatic N) is 9. The Balaban J connectivity index is 1.36. The van der Waals surface area contributed by atoms with Gasteiger partial charge in [-0.25, -0.2) is 8.78 Å². The van der Waals surface area contributed by atoms with Crippen LogP contribution in [0.5, 0.6) is 0 Å². The van der Waals surface area contributed by atoms with Crippen molar-refractivity contribution in [3.8, 4) is 0 Å². The largest absolute Gasteiger partial charge is 0.422 e. The van der Waals surface area contributed by atoms with Crippen molar-refractivity contribution in [1.29, 1.82) is 0 Å². The Bertz CT molecular complexity index is 3690. The molecule has 33 heteroatoms. The molecule has 5 aliphatic rings. The highest BCUT2D eigenvalue weighted by molar-refractivity contribution is 6.01. The molecular formula is C76H106F8N12O13. The quantitative estimate of drug-likeness (QED) is 0.151. The van der Waals surface area contributed by atoms with Gasteiger partial charge in [0, 0.05) is 88.9 Å². The Kier molecular flexibility index (Phi) is 29.5. The molecule has 0 unspecified atom stereocenters. The van der Waals surface area contributed by atoms with E-state index in [0.29, 0.717) is 56.2 Å². The van der Waals surface area contributed by atoms with Crippen molar-refractivity contribution >= 4 is 70.9 Å². The van der Waals surface area contributed by atoms with Crippen molar-refractivity contribution < 1.29 is 97.4 Å². The standard InChI is InChI=1S/C76H106F8N12O13/c1-15-45(6)63-71(106)90(10)42-61(99)91(11)54-24-19-21-44(5)39-95(70(54)105)58(36-46-25-28-49(29-26-46)75(79,80)81)69(104)89(9)41-59(97)85-53(30-27-47-34-51(77)62(52(78)35-47)76(82,83)84)67(102)96-40-50(109-16-2)37-56(96)66(101)87-74(31-20-32-74)73(108)94(14)64(48-22-17-18-23-48)72(107)93(13)57(68(103)88(7)8)38-60(98)92(12)55(33-43(3)4)65(100)86-63/h21,25-26,28-29,34-35,43,45,48,50,53-58,63-64H,15-20,22-24,27,30-33,36-42H2,1-14H3,(H,85,97)(H,86,100)(H,87,101)/b44-21-/t45-,50+,53-,54-,55-,56-,57-,58-,63-,64+/m0/s1. The maximum Gasteiger partial charge on any atom is 0.422 e. The molecule has 3 N–H and O–H groups in total. The molecule has 7 rings (SSSR count). The van der Waals surface area contributed by atoms with E-state index in [9.17, 15) is 55.1 Å². The van der Waals surface area contributed by atoms with E-state index in [1.807, 2.05) is 0 Å². The summed E-state index contributed by atoms with van der Waals surface area (Å²) < 4.78 is 120. The van der Waals surface area contributed by atoms with Crippen molar-refractivity contribution in [2.24, 2.45) is 17.8 Å². The van der Waals surface area contributed by atoms with Gasteiger partial charge in [0.25, 0.3) is 0 Å². The number of benzene rings is 2. The number of amides is 12. The summed E-state index contributed by atoms with van der Waals surface area (Å²) in [6.45, 7) is 8.11. The Morgan fingerprint density at radius 3 is 1.83 bits per heavy atom. The SMILES string of the molecule is CCO[C@@H]1C[C@H]2C(=O)NC3(CCC3)C(=O)N(C)[C@H](C3CCCC3)C(=O)N(C)[C@H](C(=O)N(C)C)CC(=O)N(C)[C@@H](CC(C)C)C(=O)N[C@@H]([C@@H](C)CC)C(=O)N(C)CC(=O)N(C)[C@H]3CC/C=C(/C)CN(C3=O)[C@@H](Cc3ccc(C(F)(F)F)cc3)C(=O)N(C)CC(=O)N[C@@H](CCc3cc(F)c(C(F)(F)F)c(F)c3)C(=O)N2C1. The topological polar surface area (TPSA) is 279 Å². The maximum absolute atomic E-state index is 15.5. The zero-order valence-electron chi connectivity index (χ0n) is 64.7. The van der Waals surface area contributed by atoms with Gasteiger partial charge in [0.05, 0.1) is 31.2 Å². The molecular weight excluding hydrogens is 1440 g/mol. The Hall–Kier alpha value is -8.78. The van der Waals surface area contributed by atoms with E-state index in [2.05, 4.69) is 16.0 Å². The fourth-order valence-electron chi connectivity index (χ4n) is 15.3. The van der Waals surface area contributed by atoms with E-state index < -0.39 is 222 Å². The van der Waals surface area contributed by atoms with Crippen LogP contribution in [0.2, 0.25) is 0 Å². The van der Waals surface area contributed by atoms with E-state index >= 15 is 37.5 Å². The normalized spacial score (nSPS) is 26.2. The highest BCUT2D eigenvalue weighted by atomic mass is 19.4. The van der Waals surface area contributed by atoms with Crippen molar-refractivity contribution in [3.63, 3.8) is 0 Å². The third kappa shape index (κ3) is 21.0. The molecule has 2 aromatic rings. The summed E-state index contributed by atoms with van der Waals surface area (Å²) in [5.74, 6) is -15.4. The van der Waals surface area contributed by atoms with E-state index in [4.69, 9.17) is 4.74 Å². The van der Waals surface area contributed by atoms with Gasteiger partial charge >= 0.3 is 12.4 Å². The molecule has 4 fully saturated rings. The number of rotatable bonds is 13. The summed E-state index contributed by atoms with van der Waals surface area (Å²) in [4.78, 5) is 191. The highest BCUT2D eigenvalue weighted by Crippen LogP contribution is 2.40. The first-order valence-corrected chi connectivity index (χ1v) is 37.2. The van der Waals surface area contributed by atoms with Crippen LogP contribution in [-0.2, 0) is 87.5 Å². The van der Waals surface area contributed by atoms with Gasteiger partial charge in [-0.05, 0) is 131 Å². The number of hydrogen-bond acceptors (Lipinski definition) is 13. The second-order valence-corrected chi connectivity index (χ2v) is 30.6. The third-order valence-electron chi connectivity index (χ3n) is 22.0. The summed E-state index contributed by atoms with van der Waals surface area (Å²) >= 11 is 0. The number of aryl methyl sites for hydroxylation is 1. The van der Waals surface area contributed by atoms with E-state index in [0.717, 1.165) is 65.6 Å². The Labute approximate surface area is 631 Å². The predicted octanol–water partition coefficient (Wildman–Crippen LogP) is 6.13. The van der Waals surface area contributed by atoms with Crippen molar-refractivity contribution in [2.75, 3.05) is 89.2 Å². The minimum atomic E-state index is -5.46. The Morgan fingerprint density at radius 1 is 0.661 bits per heavy atom. The first kappa shape index (κ1) is 87.4. The lowest BCUT2D eigenvalue weighted by Crippen LogP contribution is -2.68. The molecule has 2 saturated heterocycles. The first-order valence-electron chi connectivity index (χ1n) is 37.2. The summed E-state index contributed by atoms with van der Waals surface area (Å²) in [5, 5.41) is 8.28. The van der Waals surface area contributed by atoms with Crippen LogP contribution in [0.3, 0.4) is 0 Å². The average molecular weight is 1550 g/mol. The fraction of sp³-hybridized carbons (Fsp3) is 0.658. The number of carbonyl (C=O) groups excluding carboxylic acids is 12. The molecule has 2 aliphatic carbocycles. The maximum atomic E-state index is 15.5. The Morgan fingerprint density at radius 2 is 1.28 bits per heavy atom. The molecule has 2 aromatic carbocycles. The summed E-state index contributed by atoms with van der Waals surface area (Å²) in [6.07, 6.45) is -8.81. The third-order valence-corrected chi connectivity index (χ3v) is 22.0. The minimum Gasteiger partial charge on any atom is -0.377 e. The molecule has 2 bridgehead atoms. The number of halogens is 8. The number of ether oxygens (including phenoxy) is 1. The lowest BCUT2D eigenvalue weighted by atomic mass is 9.74. The van der Waals surface area contributed by atoms with Gasteiger partial charge < -0.3 is 64.8 Å². The summed E-state index contributed by atoms with van der Waals surface area (Å²) in [7, 11) is 10.7. The van der Waals surface area contributed by atoms with Gasteiger partial charge in [-0.1, -0.05) is 70.7 Å². The van der Waals surface area contributed by atoms with Crippen LogP contribution in [-0.4, -0.2) is 264 Å². The summed E-state index contributed by atoms with van der Waals surface area (Å²) in [6, 6.07) is -7.31. The smallest absolute Gasteiger partial charge is 0.377 e. The first-order chi connectivity index (χ1) is 51.0. The molecule has 0 radical (unpaired) electrons. The second-order valence-electron chi connectivity index (χ2n) is 30.6. The lowest BCUT2D eigenvalue weighted by molar-refractivity contribution is -0.158. The van der Waals surface area contributed by atoms with E-state index in [1.165, 1.54) is 59.1 Å². The van der Waals surface area contributed by atoms with Gasteiger partial charge in [-0.3, -0.25) is 57.5 Å². The zero-order chi connectivity index (χ0) is 81.2. The molecule has 1 spiro atoms. The van der Waals surface area contributed by atoms with Crippen LogP contribution in [0.4, 0.5) is 35.1 Å². The molecule has 3 heterocycles. The average Bonchev–Trinajstić information content (AvgIpc) is 1.73. The van der Waals surface area contributed by atoms with Gasteiger partial charge in [0.2, 0.25) is 70.9 Å². The molecule has 25 nitrogen and oxygen atoms in total. The second kappa shape index (κ2) is 36.8. The van der Waals surface area contributed by atoms with Gasteiger partial charge in [-0.15, -0.1) is 0 Å². The monoisotopic (exact) mass is 1550 g/mol. The predicted molar refractivity (Wildman–Crippen MR) is 383 cm³/mol. The fourth-order valence-corrected chi connectivity index (χ4v) is 15.3. The van der Waals surface area contributed by atoms with Crippen molar-refractivity contribution in [2.45, 2.75) is 217 Å². The van der Waals surface area contributed by atoms with Crippen LogP contribution >= 0.6 is 0 Å². The number of fused-ring (bicyclic) bond motifs is 3. The van der Waals surface area contributed by atoms with Gasteiger partial charge in [0.1, 0.15) is 71.1 Å². The number of carbonyl (C=O) groups is 12. The van der Waals surface area contributed by atoms with Crippen molar-refractivity contribution in [1.82, 2.24) is 60.0 Å². The molecule has 0 aromatic heterocycles. The van der Waals surface area contributed by atoms with Crippen LogP contribution < -0.4 is 16.0 Å². The molecule has 10 atom stereocenters. The van der Waals surface area contributed by atoms with Crippen LogP contribution in [0.1, 0.15) is 154 Å². The van der Waals surface area contributed by atoms with Crippen molar-refractivity contribution in [3.05, 3.63) is 81.9 Å².